The van der Waals surface area contributed by atoms with Gasteiger partial charge in [0.05, 0.1) is 18.4 Å². The van der Waals surface area contributed by atoms with Crippen molar-refractivity contribution < 1.29 is 29.3 Å². The van der Waals surface area contributed by atoms with Gasteiger partial charge in [0.25, 0.3) is 0 Å². The molecule has 0 aromatic heterocycles. The molecule has 1 fully saturated rings. The van der Waals surface area contributed by atoms with Gasteiger partial charge in [-0.15, -0.1) is 0 Å². The molecule has 3 rings (SSSR count). The third kappa shape index (κ3) is 5.52. The number of carbonyl (C=O) groups excluding carboxylic acids is 2. The number of carbonyl (C=O) groups is 2. The molecule has 0 bridgehead atoms. The van der Waals surface area contributed by atoms with Gasteiger partial charge in [-0.3, -0.25) is 9.59 Å². The average Bonchev–Trinajstić information content (AvgIpc) is 2.66. The van der Waals surface area contributed by atoms with E-state index in [9.17, 15) is 14.7 Å². The zero-order valence-corrected chi connectivity index (χ0v) is 18.3. The first-order valence-corrected chi connectivity index (χ1v) is 11.4. The van der Waals surface area contributed by atoms with Crippen LogP contribution in [-0.4, -0.2) is 47.1 Å². The lowest BCUT2D eigenvalue weighted by molar-refractivity contribution is -0.162. The Morgan fingerprint density at radius 2 is 2.07 bits per heavy atom. The van der Waals surface area contributed by atoms with Crippen LogP contribution in [0.2, 0.25) is 0 Å². The summed E-state index contributed by atoms with van der Waals surface area (Å²) < 4.78 is 11.4. The molecule has 3 aliphatic rings. The van der Waals surface area contributed by atoms with Crippen molar-refractivity contribution in [1.82, 2.24) is 0 Å². The molecule has 8 atom stereocenters. The highest BCUT2D eigenvalue weighted by Gasteiger charge is 2.42. The number of aliphatic hydroxyl groups is 2. The predicted octanol–water partition coefficient (Wildman–Crippen LogP) is 3.17. The topological polar surface area (TPSA) is 93.1 Å². The quantitative estimate of drug-likeness (QED) is 0.615. The predicted molar refractivity (Wildman–Crippen MR) is 112 cm³/mol. The first kappa shape index (κ1) is 23.0. The van der Waals surface area contributed by atoms with Crippen molar-refractivity contribution in [2.45, 2.75) is 77.6 Å². The van der Waals surface area contributed by atoms with Crippen molar-refractivity contribution in [3.63, 3.8) is 0 Å². The van der Waals surface area contributed by atoms with Crippen molar-refractivity contribution in [2.75, 3.05) is 6.61 Å². The number of hydrogen-bond donors (Lipinski definition) is 2. The minimum Gasteiger partial charge on any atom is -0.462 e. The molecule has 168 valence electrons. The standard InChI is InChI=1S/C24H36O6/c1-14-10-17-5-4-15(2)20(7-6-19-12-18(26)13-22(27)29-19)23(17)21(11-14)30-24(28)16(3)8-9-25/h4-5,10,14-16,18-21,23,25-26H,6-9,11-13H2,1-3H3/t14-,15-,16-,18-,19?,20-,21+,23-/m1/s1. The summed E-state index contributed by atoms with van der Waals surface area (Å²) in [5.41, 5.74) is 1.23. The molecular weight excluding hydrogens is 384 g/mol. The van der Waals surface area contributed by atoms with E-state index in [4.69, 9.17) is 14.6 Å². The minimum atomic E-state index is -0.618. The number of cyclic esters (lactones) is 1. The summed E-state index contributed by atoms with van der Waals surface area (Å²) in [6.07, 6.45) is 8.93. The van der Waals surface area contributed by atoms with Crippen LogP contribution < -0.4 is 0 Å². The fourth-order valence-electron chi connectivity index (χ4n) is 5.21. The maximum absolute atomic E-state index is 12.6. The number of aliphatic hydroxyl groups excluding tert-OH is 2. The molecule has 1 unspecified atom stereocenters. The van der Waals surface area contributed by atoms with Crippen molar-refractivity contribution in [3.05, 3.63) is 23.8 Å². The highest BCUT2D eigenvalue weighted by molar-refractivity contribution is 5.72. The molecule has 30 heavy (non-hydrogen) atoms. The van der Waals surface area contributed by atoms with Gasteiger partial charge in [0.15, 0.2) is 0 Å². The highest BCUT2D eigenvalue weighted by Crippen LogP contribution is 2.45. The second-order valence-corrected chi connectivity index (χ2v) is 9.46. The summed E-state index contributed by atoms with van der Waals surface area (Å²) in [5, 5.41) is 19.0. The number of hydrogen-bond acceptors (Lipinski definition) is 6. The summed E-state index contributed by atoms with van der Waals surface area (Å²) >= 11 is 0. The van der Waals surface area contributed by atoms with Crippen LogP contribution in [-0.2, 0) is 19.1 Å². The van der Waals surface area contributed by atoms with Crippen LogP contribution in [0.25, 0.3) is 0 Å². The Morgan fingerprint density at radius 1 is 1.30 bits per heavy atom. The molecule has 0 aromatic carbocycles. The number of rotatable bonds is 7. The highest BCUT2D eigenvalue weighted by atomic mass is 16.5. The van der Waals surface area contributed by atoms with Gasteiger partial charge < -0.3 is 19.7 Å². The lowest BCUT2D eigenvalue weighted by atomic mass is 9.65. The van der Waals surface area contributed by atoms with Crippen LogP contribution >= 0.6 is 0 Å². The van der Waals surface area contributed by atoms with Crippen LogP contribution in [0, 0.1) is 29.6 Å². The SMILES string of the molecule is C[C@@H]1C=C2C=C[C@@H](C)[C@@H](CCC3C[C@@H](O)CC(=O)O3)[C@@H]2[C@@H](OC(=O)[C@H](C)CCO)C1. The lowest BCUT2D eigenvalue weighted by Gasteiger charge is -2.43. The van der Waals surface area contributed by atoms with Gasteiger partial charge in [-0.1, -0.05) is 39.0 Å². The van der Waals surface area contributed by atoms with Gasteiger partial charge in [0.2, 0.25) is 0 Å². The van der Waals surface area contributed by atoms with Crippen LogP contribution in [0.15, 0.2) is 23.8 Å². The van der Waals surface area contributed by atoms with Crippen LogP contribution in [0.1, 0.15) is 59.3 Å². The van der Waals surface area contributed by atoms with E-state index in [1.807, 2.05) is 0 Å². The zero-order chi connectivity index (χ0) is 21.8. The number of allylic oxidation sites excluding steroid dienone is 3. The monoisotopic (exact) mass is 420 g/mol. The Balaban J connectivity index is 1.73. The Labute approximate surface area is 179 Å². The van der Waals surface area contributed by atoms with E-state index in [0.717, 1.165) is 12.8 Å². The first-order valence-electron chi connectivity index (χ1n) is 11.4. The number of ether oxygens (including phenoxy) is 2. The fraction of sp³-hybridized carbons (Fsp3) is 0.750. The Kier molecular flexibility index (Phi) is 7.75. The molecule has 1 saturated heterocycles. The second kappa shape index (κ2) is 10.1. The minimum absolute atomic E-state index is 0.0275. The Bertz CT molecular complexity index is 683. The van der Waals surface area contributed by atoms with E-state index in [2.05, 4.69) is 32.1 Å². The smallest absolute Gasteiger partial charge is 0.309 e. The van der Waals surface area contributed by atoms with Crippen molar-refractivity contribution in [1.29, 1.82) is 0 Å². The van der Waals surface area contributed by atoms with E-state index >= 15 is 0 Å². The molecule has 0 radical (unpaired) electrons. The van der Waals surface area contributed by atoms with Crippen molar-refractivity contribution >= 4 is 11.9 Å². The molecule has 1 aliphatic heterocycles. The van der Waals surface area contributed by atoms with Crippen LogP contribution in [0.4, 0.5) is 0 Å². The van der Waals surface area contributed by atoms with Crippen LogP contribution in [0.3, 0.4) is 0 Å². The van der Waals surface area contributed by atoms with Gasteiger partial charge in [-0.2, -0.15) is 0 Å². The van der Waals surface area contributed by atoms with E-state index < -0.39 is 6.10 Å². The van der Waals surface area contributed by atoms with Gasteiger partial charge in [0, 0.05) is 18.9 Å². The second-order valence-electron chi connectivity index (χ2n) is 9.46. The van der Waals surface area contributed by atoms with Gasteiger partial charge >= 0.3 is 11.9 Å². The molecular formula is C24H36O6. The summed E-state index contributed by atoms with van der Waals surface area (Å²) in [4.78, 5) is 24.3. The number of esters is 2. The average molecular weight is 421 g/mol. The molecule has 6 heteroatoms. The molecule has 2 aliphatic carbocycles. The summed E-state index contributed by atoms with van der Waals surface area (Å²) in [6.45, 7) is 6.10. The van der Waals surface area contributed by atoms with E-state index in [0.29, 0.717) is 31.1 Å². The lowest BCUT2D eigenvalue weighted by Crippen LogP contribution is -2.42. The van der Waals surface area contributed by atoms with Crippen LogP contribution in [0.5, 0.6) is 0 Å². The number of fused-ring (bicyclic) bond motifs is 1. The molecule has 0 saturated carbocycles. The van der Waals surface area contributed by atoms with E-state index in [1.165, 1.54) is 5.57 Å². The molecule has 6 nitrogen and oxygen atoms in total. The van der Waals surface area contributed by atoms with Crippen molar-refractivity contribution in [2.24, 2.45) is 29.6 Å². The summed E-state index contributed by atoms with van der Waals surface area (Å²) in [6, 6.07) is 0. The molecule has 2 N–H and O–H groups in total. The third-order valence-electron chi connectivity index (χ3n) is 6.88. The largest absolute Gasteiger partial charge is 0.462 e. The first-order chi connectivity index (χ1) is 14.3. The Morgan fingerprint density at radius 3 is 2.77 bits per heavy atom. The third-order valence-corrected chi connectivity index (χ3v) is 6.88. The summed E-state index contributed by atoms with van der Waals surface area (Å²) in [5.74, 6) is 0.155. The van der Waals surface area contributed by atoms with E-state index in [-0.39, 0.29) is 54.9 Å². The molecule has 1 heterocycles. The molecule has 0 aromatic rings. The Hall–Kier alpha value is -1.66. The molecule has 0 amide bonds. The van der Waals surface area contributed by atoms with Gasteiger partial charge in [-0.25, -0.2) is 0 Å². The van der Waals surface area contributed by atoms with E-state index in [1.54, 1.807) is 6.92 Å². The zero-order valence-electron chi connectivity index (χ0n) is 18.3. The maximum atomic E-state index is 12.6. The van der Waals surface area contributed by atoms with Gasteiger partial charge in [-0.05, 0) is 49.0 Å². The maximum Gasteiger partial charge on any atom is 0.309 e. The molecule has 0 spiro atoms. The van der Waals surface area contributed by atoms with Gasteiger partial charge in [0.1, 0.15) is 12.2 Å². The normalized spacial score (nSPS) is 37.0. The fourth-order valence-corrected chi connectivity index (χ4v) is 5.21. The van der Waals surface area contributed by atoms with Crippen molar-refractivity contribution in [3.8, 4) is 0 Å². The summed E-state index contributed by atoms with van der Waals surface area (Å²) in [7, 11) is 0.